The fourth-order valence-corrected chi connectivity index (χ4v) is 6.57. The Morgan fingerprint density at radius 3 is 2.43 bits per heavy atom. The van der Waals surface area contributed by atoms with E-state index in [1.807, 2.05) is 32.2 Å². The molecule has 0 aliphatic carbocycles. The van der Waals surface area contributed by atoms with Gasteiger partial charge in [-0.1, -0.05) is 35.5 Å². The molecule has 4 aromatic heterocycles. The van der Waals surface area contributed by atoms with Gasteiger partial charge in [-0.15, -0.1) is 5.10 Å². The molecule has 0 spiro atoms. The van der Waals surface area contributed by atoms with Crippen LogP contribution in [0.1, 0.15) is 30.1 Å². The molecule has 1 aliphatic rings. The first-order chi connectivity index (χ1) is 17.8. The number of ether oxygens (including phenoxy) is 1. The number of hydrogen-bond donors (Lipinski definition) is 0. The minimum absolute atomic E-state index is 0.0657. The van der Waals surface area contributed by atoms with E-state index in [-0.39, 0.29) is 17.0 Å². The first kappa shape index (κ1) is 23.8. The van der Waals surface area contributed by atoms with Crippen LogP contribution in [0.25, 0.3) is 33.3 Å². The van der Waals surface area contributed by atoms with Crippen molar-refractivity contribution in [3.8, 4) is 11.3 Å². The van der Waals surface area contributed by atoms with E-state index in [2.05, 4.69) is 38.2 Å². The molecule has 5 aromatic rings. The fraction of sp³-hybridized carbons (Fsp3) is 0.385. The largest absolute Gasteiger partial charge is 0.381 e. The van der Waals surface area contributed by atoms with Crippen molar-refractivity contribution in [1.82, 2.24) is 34.3 Å². The third-order valence-electron chi connectivity index (χ3n) is 7.34. The van der Waals surface area contributed by atoms with Gasteiger partial charge in [-0.05, 0) is 37.3 Å². The van der Waals surface area contributed by atoms with Crippen LogP contribution in [0, 0.1) is 12.8 Å². The van der Waals surface area contributed by atoms with Crippen molar-refractivity contribution in [3.05, 3.63) is 53.9 Å². The summed E-state index contributed by atoms with van der Waals surface area (Å²) in [5.74, 6) is 0.242. The Bertz CT molecular complexity index is 1710. The van der Waals surface area contributed by atoms with Crippen LogP contribution in [0.2, 0.25) is 0 Å². The molecule has 5 heterocycles. The van der Waals surface area contributed by atoms with Crippen LogP contribution >= 0.6 is 0 Å². The van der Waals surface area contributed by atoms with Gasteiger partial charge in [0.05, 0.1) is 22.9 Å². The topological polar surface area (TPSA) is 110 Å². The Kier molecular flexibility index (Phi) is 5.64. The van der Waals surface area contributed by atoms with E-state index in [9.17, 15) is 8.42 Å². The predicted molar refractivity (Wildman–Crippen MR) is 140 cm³/mol. The lowest BCUT2D eigenvalue weighted by molar-refractivity contribution is 0.0552. The molecule has 10 nitrogen and oxygen atoms in total. The summed E-state index contributed by atoms with van der Waals surface area (Å²) >= 11 is 0. The number of nitrogens with zero attached hydrogens (tertiary/aromatic N) is 7. The second-order valence-electron chi connectivity index (χ2n) is 9.81. The number of hydrogen-bond acceptors (Lipinski definition) is 7. The third kappa shape index (κ3) is 3.84. The average Bonchev–Trinajstić information content (AvgIpc) is 3.52. The van der Waals surface area contributed by atoms with E-state index in [0.29, 0.717) is 29.8 Å². The van der Waals surface area contributed by atoms with Gasteiger partial charge in [0.15, 0.2) is 9.84 Å². The van der Waals surface area contributed by atoms with Crippen molar-refractivity contribution in [2.24, 2.45) is 20.0 Å². The summed E-state index contributed by atoms with van der Waals surface area (Å²) in [4.78, 5) is 4.88. The summed E-state index contributed by atoms with van der Waals surface area (Å²) in [7, 11) is 0.0108. The Balaban J connectivity index is 1.75. The van der Waals surface area contributed by atoms with Gasteiger partial charge in [0.2, 0.25) is 5.03 Å². The first-order valence-electron chi connectivity index (χ1n) is 12.3. The second-order valence-corrected chi connectivity index (χ2v) is 11.7. The maximum Gasteiger partial charge on any atom is 0.201 e. The average molecular weight is 520 g/mol. The molecule has 1 fully saturated rings. The molecule has 37 heavy (non-hydrogen) atoms. The van der Waals surface area contributed by atoms with Crippen molar-refractivity contribution in [1.29, 1.82) is 0 Å². The number of benzene rings is 1. The zero-order chi connectivity index (χ0) is 25.9. The van der Waals surface area contributed by atoms with Crippen LogP contribution in [0.5, 0.6) is 0 Å². The monoisotopic (exact) mass is 519 g/mol. The van der Waals surface area contributed by atoms with Crippen LogP contribution < -0.4 is 0 Å². The molecule has 0 amide bonds. The standard InChI is InChI=1S/C26H29N7O3S/c1-16-22(32(3)30-28-16)19-14-20-21(27-15-19)24-25(26(29-31(24)2)37(4,34)35)33(20)23(17-8-6-5-7-9-17)18-10-12-36-13-11-18/h5-9,14-15,18,23H,10-13H2,1-4H3. The minimum Gasteiger partial charge on any atom is -0.381 e. The molecule has 1 aromatic carbocycles. The van der Waals surface area contributed by atoms with Gasteiger partial charge in [-0.3, -0.25) is 9.67 Å². The van der Waals surface area contributed by atoms with Crippen molar-refractivity contribution in [2.45, 2.75) is 30.8 Å². The summed E-state index contributed by atoms with van der Waals surface area (Å²) in [6.45, 7) is 3.26. The van der Waals surface area contributed by atoms with Crippen molar-refractivity contribution >= 4 is 31.9 Å². The van der Waals surface area contributed by atoms with Crippen LogP contribution in [-0.2, 0) is 28.7 Å². The highest BCUT2D eigenvalue weighted by molar-refractivity contribution is 7.90. The van der Waals surface area contributed by atoms with E-state index in [1.165, 1.54) is 6.26 Å². The highest BCUT2D eigenvalue weighted by atomic mass is 32.2. The summed E-state index contributed by atoms with van der Waals surface area (Å²) in [5.41, 5.74) is 6.51. The summed E-state index contributed by atoms with van der Waals surface area (Å²) in [6.07, 6.45) is 4.75. The third-order valence-corrected chi connectivity index (χ3v) is 8.31. The van der Waals surface area contributed by atoms with Crippen LogP contribution in [0.4, 0.5) is 0 Å². The molecule has 0 saturated carbocycles. The second kappa shape index (κ2) is 8.77. The molecule has 1 saturated heterocycles. The number of aromatic nitrogens is 7. The molecule has 0 radical (unpaired) electrons. The van der Waals surface area contributed by atoms with Crippen molar-refractivity contribution in [2.75, 3.05) is 19.5 Å². The van der Waals surface area contributed by atoms with Gasteiger partial charge in [-0.25, -0.2) is 13.1 Å². The van der Waals surface area contributed by atoms with Gasteiger partial charge in [0, 0.05) is 45.3 Å². The summed E-state index contributed by atoms with van der Waals surface area (Å²) in [5, 5.41) is 12.9. The van der Waals surface area contributed by atoms with E-state index in [4.69, 9.17) is 9.72 Å². The van der Waals surface area contributed by atoms with Gasteiger partial charge >= 0.3 is 0 Å². The Morgan fingerprint density at radius 2 is 1.78 bits per heavy atom. The Hall–Kier alpha value is -3.57. The molecule has 0 N–H and O–H groups in total. The number of rotatable bonds is 5. The summed E-state index contributed by atoms with van der Waals surface area (Å²) in [6, 6.07) is 12.2. The lowest BCUT2D eigenvalue weighted by Gasteiger charge is -2.33. The summed E-state index contributed by atoms with van der Waals surface area (Å²) < 4.78 is 37.3. The normalized spacial score (nSPS) is 16.1. The minimum atomic E-state index is -3.62. The number of aryl methyl sites for hydroxylation is 3. The maximum atomic E-state index is 13.0. The Morgan fingerprint density at radius 1 is 1.05 bits per heavy atom. The maximum absolute atomic E-state index is 13.0. The van der Waals surface area contributed by atoms with Crippen molar-refractivity contribution < 1.29 is 13.2 Å². The van der Waals surface area contributed by atoms with Gasteiger partial charge in [0.1, 0.15) is 16.6 Å². The highest BCUT2D eigenvalue weighted by Gasteiger charge is 2.34. The molecular weight excluding hydrogens is 490 g/mol. The zero-order valence-electron chi connectivity index (χ0n) is 21.3. The first-order valence-corrected chi connectivity index (χ1v) is 14.2. The molecule has 11 heteroatoms. The number of fused-ring (bicyclic) bond motifs is 3. The lowest BCUT2D eigenvalue weighted by atomic mass is 9.86. The van der Waals surface area contributed by atoms with Gasteiger partial charge < -0.3 is 9.30 Å². The van der Waals surface area contributed by atoms with Crippen LogP contribution in [0.15, 0.2) is 47.6 Å². The molecule has 1 unspecified atom stereocenters. The van der Waals surface area contributed by atoms with Crippen LogP contribution in [0.3, 0.4) is 0 Å². The lowest BCUT2D eigenvalue weighted by Crippen LogP contribution is -2.27. The quantitative estimate of drug-likeness (QED) is 0.350. The van der Waals surface area contributed by atoms with E-state index in [0.717, 1.165) is 40.9 Å². The molecule has 192 valence electrons. The Labute approximate surface area is 214 Å². The number of sulfone groups is 1. The smallest absolute Gasteiger partial charge is 0.201 e. The van der Waals surface area contributed by atoms with E-state index in [1.54, 1.807) is 22.6 Å². The fourth-order valence-electron chi connectivity index (χ4n) is 5.75. The van der Waals surface area contributed by atoms with Crippen LogP contribution in [-0.4, -0.2) is 62.2 Å². The van der Waals surface area contributed by atoms with E-state index < -0.39 is 9.84 Å². The predicted octanol–water partition coefficient (Wildman–Crippen LogP) is 3.45. The van der Waals surface area contributed by atoms with E-state index >= 15 is 0 Å². The molecule has 0 bridgehead atoms. The SMILES string of the molecule is Cc1nnn(C)c1-c1cnc2c3c(c(S(C)(=O)=O)nn3C)n(C(c3ccccc3)C3CCOCC3)c2c1. The molecule has 1 atom stereocenters. The highest BCUT2D eigenvalue weighted by Crippen LogP contribution is 2.42. The zero-order valence-corrected chi connectivity index (χ0v) is 22.1. The molecule has 1 aliphatic heterocycles. The number of pyridine rings is 1. The van der Waals surface area contributed by atoms with Crippen molar-refractivity contribution in [3.63, 3.8) is 0 Å². The molecule has 6 rings (SSSR count). The molecular formula is C26H29N7O3S. The van der Waals surface area contributed by atoms with Gasteiger partial charge in [-0.2, -0.15) is 5.10 Å². The van der Waals surface area contributed by atoms with Gasteiger partial charge in [0.25, 0.3) is 0 Å².